The van der Waals surface area contributed by atoms with Crippen molar-refractivity contribution in [1.82, 2.24) is 9.62 Å². The Hall–Kier alpha value is -2.69. The number of nitrogens with zero attached hydrogens (tertiary/aromatic N) is 2. The molecule has 6 nitrogen and oxygen atoms in total. The van der Waals surface area contributed by atoms with E-state index in [1.54, 1.807) is 12.1 Å². The van der Waals surface area contributed by atoms with E-state index in [0.717, 1.165) is 18.4 Å². The molecular formula is C21H23N3O3S. The van der Waals surface area contributed by atoms with E-state index < -0.39 is 10.0 Å². The Labute approximate surface area is 165 Å². The number of hydrogen-bond acceptors (Lipinski definition) is 4. The van der Waals surface area contributed by atoms with Crippen molar-refractivity contribution in [3.63, 3.8) is 0 Å². The maximum atomic E-state index is 13.0. The summed E-state index contributed by atoms with van der Waals surface area (Å²) in [5, 5.41) is 8.53. The van der Waals surface area contributed by atoms with Crippen LogP contribution in [-0.4, -0.2) is 32.3 Å². The van der Waals surface area contributed by atoms with Crippen LogP contribution in [0.5, 0.6) is 0 Å². The quantitative estimate of drug-likeness (QED) is 0.758. The van der Waals surface area contributed by atoms with Crippen LogP contribution in [0.1, 0.15) is 46.8 Å². The first-order valence-corrected chi connectivity index (χ1v) is 10.7. The summed E-state index contributed by atoms with van der Waals surface area (Å²) in [6, 6.07) is 16.1. The number of carbonyl (C=O) groups is 1. The van der Waals surface area contributed by atoms with Gasteiger partial charge in [-0.1, -0.05) is 29.8 Å². The molecule has 1 aliphatic rings. The molecule has 146 valence electrons. The fourth-order valence-electron chi connectivity index (χ4n) is 3.41. The minimum atomic E-state index is -3.68. The summed E-state index contributed by atoms with van der Waals surface area (Å²) >= 11 is 0. The van der Waals surface area contributed by atoms with Crippen molar-refractivity contribution in [2.75, 3.05) is 13.1 Å². The minimum Gasteiger partial charge on any atom is -0.332 e. The van der Waals surface area contributed by atoms with Crippen molar-refractivity contribution in [2.45, 2.75) is 37.1 Å². The molecule has 1 atom stereocenters. The van der Waals surface area contributed by atoms with Crippen LogP contribution in [0.25, 0.3) is 0 Å². The van der Waals surface area contributed by atoms with Gasteiger partial charge in [-0.3, -0.25) is 4.79 Å². The van der Waals surface area contributed by atoms with Crippen LogP contribution < -0.4 is 4.72 Å². The Bertz CT molecular complexity index is 977. The van der Waals surface area contributed by atoms with E-state index in [1.165, 1.54) is 17.7 Å². The lowest BCUT2D eigenvalue weighted by molar-refractivity contribution is 0.0735. The van der Waals surface area contributed by atoms with Crippen LogP contribution in [0.3, 0.4) is 0 Å². The molecule has 0 aromatic heterocycles. The average Bonchev–Trinajstić information content (AvgIpc) is 3.18. The highest BCUT2D eigenvalue weighted by Crippen LogP contribution is 2.33. The highest BCUT2D eigenvalue weighted by Gasteiger charge is 2.30. The molecule has 7 heteroatoms. The normalized spacial score (nSPS) is 16.7. The van der Waals surface area contributed by atoms with Gasteiger partial charge in [-0.2, -0.15) is 5.26 Å². The van der Waals surface area contributed by atoms with Gasteiger partial charge in [-0.25, -0.2) is 13.1 Å². The molecule has 1 unspecified atom stereocenters. The molecule has 2 aromatic rings. The van der Waals surface area contributed by atoms with Crippen molar-refractivity contribution >= 4 is 15.9 Å². The third-order valence-electron chi connectivity index (χ3n) is 4.92. The molecule has 3 rings (SSSR count). The number of aryl methyl sites for hydroxylation is 1. The van der Waals surface area contributed by atoms with Gasteiger partial charge in [0.15, 0.2) is 0 Å². The molecule has 0 spiro atoms. The van der Waals surface area contributed by atoms with Crippen LogP contribution in [0.2, 0.25) is 0 Å². The number of nitrogens with one attached hydrogen (secondary N) is 1. The van der Waals surface area contributed by atoms with Crippen molar-refractivity contribution in [3.05, 3.63) is 65.2 Å². The molecule has 28 heavy (non-hydrogen) atoms. The topological polar surface area (TPSA) is 90.3 Å². The molecule has 2 aromatic carbocycles. The minimum absolute atomic E-state index is 0.0455. The van der Waals surface area contributed by atoms with Gasteiger partial charge in [0, 0.05) is 25.1 Å². The second kappa shape index (κ2) is 8.55. The van der Waals surface area contributed by atoms with Gasteiger partial charge in [0.25, 0.3) is 5.91 Å². The first kappa shape index (κ1) is 20.1. The largest absolute Gasteiger partial charge is 0.332 e. The summed E-state index contributed by atoms with van der Waals surface area (Å²) in [5.74, 6) is -0.0931. The zero-order valence-corrected chi connectivity index (χ0v) is 16.6. The van der Waals surface area contributed by atoms with Gasteiger partial charge >= 0.3 is 0 Å². The Morgan fingerprint density at radius 3 is 2.50 bits per heavy atom. The average molecular weight is 398 g/mol. The van der Waals surface area contributed by atoms with E-state index >= 15 is 0 Å². The van der Waals surface area contributed by atoms with E-state index in [1.807, 2.05) is 17.9 Å². The number of hydrogen-bond donors (Lipinski definition) is 1. The fraction of sp³-hybridized carbons (Fsp3) is 0.333. The third-order valence-corrected chi connectivity index (χ3v) is 6.39. The maximum absolute atomic E-state index is 13.0. The van der Waals surface area contributed by atoms with Crippen LogP contribution in [0, 0.1) is 18.3 Å². The van der Waals surface area contributed by atoms with Gasteiger partial charge in [-0.15, -0.1) is 0 Å². The zero-order chi connectivity index (χ0) is 20.1. The molecule has 0 saturated carbocycles. The maximum Gasteiger partial charge on any atom is 0.254 e. The second-order valence-electron chi connectivity index (χ2n) is 6.90. The van der Waals surface area contributed by atoms with Crippen molar-refractivity contribution in [2.24, 2.45) is 0 Å². The fourth-order valence-corrected chi connectivity index (χ4v) is 4.44. The lowest BCUT2D eigenvalue weighted by Crippen LogP contribution is -2.30. The van der Waals surface area contributed by atoms with Crippen LogP contribution in [0.15, 0.2) is 53.4 Å². The van der Waals surface area contributed by atoms with Gasteiger partial charge in [-0.05, 0) is 49.6 Å². The number of sulfonamides is 1. The highest BCUT2D eigenvalue weighted by molar-refractivity contribution is 7.89. The molecule has 0 bridgehead atoms. The van der Waals surface area contributed by atoms with Crippen molar-refractivity contribution in [1.29, 1.82) is 5.26 Å². The lowest BCUT2D eigenvalue weighted by atomic mass is 10.0. The molecule has 0 radical (unpaired) electrons. The van der Waals surface area contributed by atoms with E-state index in [0.29, 0.717) is 12.1 Å². The molecule has 1 amide bonds. The van der Waals surface area contributed by atoms with Crippen molar-refractivity contribution < 1.29 is 13.2 Å². The van der Waals surface area contributed by atoms with Crippen molar-refractivity contribution in [3.8, 4) is 6.07 Å². The smallest absolute Gasteiger partial charge is 0.254 e. The van der Waals surface area contributed by atoms with Crippen LogP contribution >= 0.6 is 0 Å². The molecule has 1 fully saturated rings. The first-order valence-electron chi connectivity index (χ1n) is 9.26. The van der Waals surface area contributed by atoms with Gasteiger partial charge in [0.05, 0.1) is 17.0 Å². The van der Waals surface area contributed by atoms with E-state index in [-0.39, 0.29) is 29.8 Å². The van der Waals surface area contributed by atoms with Gasteiger partial charge in [0.2, 0.25) is 10.0 Å². The standard InChI is InChI=1S/C21H23N3O3S/c1-16-5-7-17(8-6-16)20-4-2-15-24(20)21(25)18-9-11-19(12-10-18)28(26,27)23-14-3-13-22/h5-12,20,23H,2-4,14-15H2,1H3. The van der Waals surface area contributed by atoms with Gasteiger partial charge in [0.1, 0.15) is 0 Å². The summed E-state index contributed by atoms with van der Waals surface area (Å²) < 4.78 is 26.8. The Kier molecular flexibility index (Phi) is 6.12. The number of benzene rings is 2. The second-order valence-corrected chi connectivity index (χ2v) is 8.66. The summed E-state index contributed by atoms with van der Waals surface area (Å²) in [7, 11) is -3.68. The summed E-state index contributed by atoms with van der Waals surface area (Å²) in [5.41, 5.74) is 2.77. The summed E-state index contributed by atoms with van der Waals surface area (Å²) in [6.07, 6.45) is 1.97. The number of likely N-dealkylation sites (tertiary alicyclic amines) is 1. The molecule has 1 heterocycles. The van der Waals surface area contributed by atoms with E-state index in [4.69, 9.17) is 5.26 Å². The van der Waals surface area contributed by atoms with E-state index in [9.17, 15) is 13.2 Å². The monoisotopic (exact) mass is 397 g/mol. The van der Waals surface area contributed by atoms with E-state index in [2.05, 4.69) is 29.0 Å². The molecule has 1 aliphatic heterocycles. The Balaban J connectivity index is 1.75. The zero-order valence-electron chi connectivity index (χ0n) is 15.8. The molecule has 1 N–H and O–H groups in total. The molecule has 0 aliphatic carbocycles. The Morgan fingerprint density at radius 2 is 1.86 bits per heavy atom. The summed E-state index contributed by atoms with van der Waals surface area (Å²) in [6.45, 7) is 2.78. The number of nitriles is 1. The first-order chi connectivity index (χ1) is 13.4. The SMILES string of the molecule is Cc1ccc(C2CCCN2C(=O)c2ccc(S(=O)(=O)NCCC#N)cc2)cc1. The number of rotatable bonds is 6. The van der Waals surface area contributed by atoms with Crippen LogP contribution in [-0.2, 0) is 10.0 Å². The molecule has 1 saturated heterocycles. The van der Waals surface area contributed by atoms with Gasteiger partial charge < -0.3 is 4.90 Å². The lowest BCUT2D eigenvalue weighted by Gasteiger charge is -2.25. The van der Waals surface area contributed by atoms with Crippen LogP contribution in [0.4, 0.5) is 0 Å². The third kappa shape index (κ3) is 4.41. The number of amides is 1. The molecular weight excluding hydrogens is 374 g/mol. The highest BCUT2D eigenvalue weighted by atomic mass is 32.2. The predicted molar refractivity (Wildman–Crippen MR) is 106 cm³/mol. The predicted octanol–water partition coefficient (Wildman–Crippen LogP) is 3.16. The Morgan fingerprint density at radius 1 is 1.18 bits per heavy atom. The summed E-state index contributed by atoms with van der Waals surface area (Å²) in [4.78, 5) is 14.9. The number of carbonyl (C=O) groups excluding carboxylic acids is 1.